The van der Waals surface area contributed by atoms with Crippen molar-refractivity contribution in [2.24, 2.45) is 5.92 Å². The Labute approximate surface area is 160 Å². The van der Waals surface area contributed by atoms with E-state index >= 15 is 0 Å². The second-order valence-corrected chi connectivity index (χ2v) is 5.45. The van der Waals surface area contributed by atoms with E-state index in [0.29, 0.717) is 0 Å². The third kappa shape index (κ3) is 6.19. The van der Waals surface area contributed by atoms with Crippen LogP contribution >= 0.6 is 0 Å². The number of nitrogens with one attached hydrogen (secondary N) is 1. The summed E-state index contributed by atoms with van der Waals surface area (Å²) in [6.07, 6.45) is 0. The Morgan fingerprint density at radius 1 is 1.36 bits per heavy atom. The summed E-state index contributed by atoms with van der Waals surface area (Å²) in [6, 6.07) is 11.0. The molecule has 0 saturated carbocycles. The zero-order chi connectivity index (χ0) is 16.6. The smallest absolute Gasteiger partial charge is 0.226 e. The van der Waals surface area contributed by atoms with E-state index in [4.69, 9.17) is 0 Å². The number of hydrogen-bond donors (Lipinski definition) is 1. The normalized spacial score (nSPS) is 13.6. The predicted molar refractivity (Wildman–Crippen MR) is 86.8 cm³/mol. The molecule has 0 bridgehead atoms. The van der Waals surface area contributed by atoms with Crippen LogP contribution < -0.4 is 5.32 Å². The van der Waals surface area contributed by atoms with E-state index < -0.39 is 5.54 Å². The molecular weight excluding hydrogens is 349 g/mol. The molecule has 1 N–H and O–H groups in total. The van der Waals surface area contributed by atoms with Gasteiger partial charge < -0.3 is 5.32 Å². The number of aryl methyl sites for hydroxylation is 1. The number of nitriles is 1. The van der Waals surface area contributed by atoms with Crippen molar-refractivity contribution in [3.05, 3.63) is 35.4 Å². The third-order valence-corrected chi connectivity index (χ3v) is 3.70. The number of benzene rings is 1. The molecule has 4 heteroatoms. The van der Waals surface area contributed by atoms with Gasteiger partial charge in [0.05, 0.1) is 6.07 Å². The molecule has 2 unspecified atom stereocenters. The maximum atomic E-state index is 12.3. The number of carbonyl (C=O) groups excluding carboxylic acids is 1. The zero-order valence-electron chi connectivity index (χ0n) is 14.8. The average molecular weight is 376 g/mol. The molecule has 1 aromatic rings. The van der Waals surface area contributed by atoms with Crippen LogP contribution in [0.25, 0.3) is 0 Å². The first-order chi connectivity index (χ1) is 9.81. The SMILES string of the molecule is CC.Cc1ccc[c-]c1C(C)C(=O)NC(C)(C#N)C(C)C.[Y]. The van der Waals surface area contributed by atoms with Gasteiger partial charge in [-0.15, -0.1) is 5.56 Å². The van der Waals surface area contributed by atoms with Gasteiger partial charge in [0.2, 0.25) is 5.91 Å². The standard InChI is InChI=1S/C16H21N2O.C2H6.Y/c1-11(2)16(5,10-17)18-15(19)13(4)14-9-7-6-8-12(14)3;1-2;/h6-8,11,13H,1-5H3,(H,18,19);1-2H3;/q-1;;. The van der Waals surface area contributed by atoms with Gasteiger partial charge in [0, 0.05) is 38.6 Å². The molecule has 0 heterocycles. The van der Waals surface area contributed by atoms with Crippen LogP contribution in [-0.2, 0) is 37.5 Å². The molecule has 3 nitrogen and oxygen atoms in total. The summed E-state index contributed by atoms with van der Waals surface area (Å²) in [7, 11) is 0. The monoisotopic (exact) mass is 376 g/mol. The summed E-state index contributed by atoms with van der Waals surface area (Å²) in [6.45, 7) is 13.4. The fourth-order valence-corrected chi connectivity index (χ4v) is 1.80. The summed E-state index contributed by atoms with van der Waals surface area (Å²) in [5.41, 5.74) is 1.08. The first-order valence-electron chi connectivity index (χ1n) is 7.52. The molecule has 119 valence electrons. The second-order valence-electron chi connectivity index (χ2n) is 5.45. The Balaban J connectivity index is 0. The topological polar surface area (TPSA) is 52.9 Å². The van der Waals surface area contributed by atoms with Crippen molar-refractivity contribution in [3.8, 4) is 6.07 Å². The van der Waals surface area contributed by atoms with Crippen molar-refractivity contribution in [1.82, 2.24) is 5.32 Å². The average Bonchev–Trinajstić information content (AvgIpc) is 2.48. The zero-order valence-corrected chi connectivity index (χ0v) is 17.7. The molecule has 0 aliphatic heterocycles. The van der Waals surface area contributed by atoms with Crippen molar-refractivity contribution < 1.29 is 37.5 Å². The molecule has 1 aromatic carbocycles. The van der Waals surface area contributed by atoms with Gasteiger partial charge in [-0.1, -0.05) is 41.5 Å². The second kappa shape index (κ2) is 10.9. The molecule has 1 amide bonds. The first kappa shape index (κ1) is 23.5. The Hall–Kier alpha value is -0.716. The molecule has 0 aliphatic rings. The van der Waals surface area contributed by atoms with E-state index in [-0.39, 0.29) is 50.5 Å². The van der Waals surface area contributed by atoms with Gasteiger partial charge in [-0.2, -0.15) is 35.1 Å². The van der Waals surface area contributed by atoms with Crippen molar-refractivity contribution in [2.75, 3.05) is 0 Å². The van der Waals surface area contributed by atoms with Crippen LogP contribution in [0.4, 0.5) is 0 Å². The van der Waals surface area contributed by atoms with Crippen molar-refractivity contribution >= 4 is 5.91 Å². The quantitative estimate of drug-likeness (QED) is 0.809. The van der Waals surface area contributed by atoms with E-state index in [1.807, 2.05) is 53.7 Å². The van der Waals surface area contributed by atoms with Gasteiger partial charge in [0.25, 0.3) is 0 Å². The third-order valence-electron chi connectivity index (χ3n) is 3.70. The maximum absolute atomic E-state index is 12.3. The molecule has 0 aromatic heterocycles. The summed E-state index contributed by atoms with van der Waals surface area (Å²) in [4.78, 5) is 12.3. The van der Waals surface area contributed by atoms with Crippen molar-refractivity contribution in [3.63, 3.8) is 0 Å². The van der Waals surface area contributed by atoms with Crippen LogP contribution in [-0.4, -0.2) is 11.4 Å². The fourth-order valence-electron chi connectivity index (χ4n) is 1.80. The maximum Gasteiger partial charge on any atom is 0.226 e. The number of nitrogens with zero attached hydrogens (tertiary/aromatic N) is 1. The minimum Gasteiger partial charge on any atom is -0.337 e. The van der Waals surface area contributed by atoms with Gasteiger partial charge in [0.1, 0.15) is 5.54 Å². The Morgan fingerprint density at radius 3 is 2.32 bits per heavy atom. The molecular formula is C18H27N2OY-. The number of rotatable bonds is 4. The molecule has 0 aliphatic carbocycles. The van der Waals surface area contributed by atoms with Crippen molar-refractivity contribution in [2.45, 2.75) is 59.9 Å². The van der Waals surface area contributed by atoms with E-state index in [1.54, 1.807) is 13.0 Å². The van der Waals surface area contributed by atoms with Crippen LogP contribution in [0.1, 0.15) is 58.6 Å². The summed E-state index contributed by atoms with van der Waals surface area (Å²) in [5, 5.41) is 12.1. The van der Waals surface area contributed by atoms with Crippen LogP contribution in [0.15, 0.2) is 18.2 Å². The van der Waals surface area contributed by atoms with E-state index in [9.17, 15) is 10.1 Å². The van der Waals surface area contributed by atoms with Gasteiger partial charge in [-0.05, 0) is 12.8 Å². The Kier molecular flexibility index (Phi) is 11.7. The molecule has 1 radical (unpaired) electrons. The molecule has 0 fully saturated rings. The molecule has 1 rings (SSSR count). The largest absolute Gasteiger partial charge is 0.337 e. The fraction of sp³-hybridized carbons (Fsp3) is 0.556. The number of hydrogen-bond acceptors (Lipinski definition) is 2. The van der Waals surface area contributed by atoms with Gasteiger partial charge in [0.15, 0.2) is 0 Å². The Morgan fingerprint density at radius 2 is 1.91 bits per heavy atom. The first-order valence-corrected chi connectivity index (χ1v) is 7.52. The molecule has 0 spiro atoms. The van der Waals surface area contributed by atoms with E-state index in [2.05, 4.69) is 17.5 Å². The summed E-state index contributed by atoms with van der Waals surface area (Å²) >= 11 is 0. The number of carbonyl (C=O) groups is 1. The summed E-state index contributed by atoms with van der Waals surface area (Å²) < 4.78 is 0. The predicted octanol–water partition coefficient (Wildman–Crippen LogP) is 3.98. The van der Waals surface area contributed by atoms with Crippen LogP contribution in [0.3, 0.4) is 0 Å². The Bertz CT molecular complexity index is 508. The van der Waals surface area contributed by atoms with Crippen LogP contribution in [0, 0.1) is 30.2 Å². The number of amides is 1. The van der Waals surface area contributed by atoms with E-state index in [0.717, 1.165) is 11.1 Å². The minimum absolute atomic E-state index is 0. The summed E-state index contributed by atoms with van der Waals surface area (Å²) in [5.74, 6) is -0.398. The van der Waals surface area contributed by atoms with Gasteiger partial charge in [-0.3, -0.25) is 4.79 Å². The molecule has 2 atom stereocenters. The van der Waals surface area contributed by atoms with Gasteiger partial charge in [-0.25, -0.2) is 0 Å². The van der Waals surface area contributed by atoms with Crippen LogP contribution in [0.2, 0.25) is 0 Å². The van der Waals surface area contributed by atoms with E-state index in [1.165, 1.54) is 0 Å². The van der Waals surface area contributed by atoms with Gasteiger partial charge >= 0.3 is 0 Å². The molecule has 22 heavy (non-hydrogen) atoms. The minimum atomic E-state index is -0.839. The molecule has 0 saturated heterocycles. The van der Waals surface area contributed by atoms with Crippen molar-refractivity contribution in [1.29, 1.82) is 5.26 Å². The van der Waals surface area contributed by atoms with Crippen LogP contribution in [0.5, 0.6) is 0 Å².